The minimum Gasteiger partial charge on any atom is -0.385 e. The van der Waals surface area contributed by atoms with E-state index in [0.29, 0.717) is 5.69 Å². The van der Waals surface area contributed by atoms with Gasteiger partial charge in [-0.05, 0) is 36.6 Å². The predicted octanol–water partition coefficient (Wildman–Crippen LogP) is 2.92. The Morgan fingerprint density at radius 2 is 2.11 bits per heavy atom. The van der Waals surface area contributed by atoms with E-state index in [1.165, 1.54) is 11.1 Å². The normalized spacial score (nSPS) is 9.78. The molecular formula is C15H15N3. The van der Waals surface area contributed by atoms with Crippen LogP contribution in [0, 0.1) is 18.3 Å². The summed E-state index contributed by atoms with van der Waals surface area (Å²) in [4.78, 5) is 3.94. The van der Waals surface area contributed by atoms with E-state index in [4.69, 9.17) is 5.26 Å². The van der Waals surface area contributed by atoms with Gasteiger partial charge in [-0.3, -0.25) is 0 Å². The number of hydrogen-bond donors (Lipinski definition) is 1. The lowest BCUT2D eigenvalue weighted by Gasteiger charge is -2.08. The number of nitrogens with zero attached hydrogens (tertiary/aromatic N) is 2. The first kappa shape index (κ1) is 12.1. The van der Waals surface area contributed by atoms with E-state index in [-0.39, 0.29) is 0 Å². The average Bonchev–Trinajstić information content (AvgIpc) is 2.41. The molecule has 0 saturated carbocycles. The first-order chi connectivity index (χ1) is 8.79. The number of nitrogens with one attached hydrogen (secondary N) is 1. The summed E-state index contributed by atoms with van der Waals surface area (Å²) in [6.45, 7) is 2.97. The minimum absolute atomic E-state index is 0.441. The number of hydrogen-bond acceptors (Lipinski definition) is 3. The Balaban J connectivity index is 1.93. The number of pyridine rings is 1. The van der Waals surface area contributed by atoms with Gasteiger partial charge < -0.3 is 5.32 Å². The quantitative estimate of drug-likeness (QED) is 0.889. The highest BCUT2D eigenvalue weighted by Crippen LogP contribution is 2.10. The van der Waals surface area contributed by atoms with Crippen LogP contribution in [0.15, 0.2) is 42.6 Å². The van der Waals surface area contributed by atoms with Crippen LogP contribution in [0.4, 0.5) is 5.69 Å². The van der Waals surface area contributed by atoms with Crippen molar-refractivity contribution in [1.29, 1.82) is 5.26 Å². The Morgan fingerprint density at radius 3 is 2.89 bits per heavy atom. The summed E-state index contributed by atoms with van der Waals surface area (Å²) in [5, 5.41) is 12.1. The first-order valence-electron chi connectivity index (χ1n) is 5.94. The second-order valence-corrected chi connectivity index (χ2v) is 4.14. The Labute approximate surface area is 107 Å². The molecule has 0 radical (unpaired) electrons. The van der Waals surface area contributed by atoms with Gasteiger partial charge in [-0.1, -0.05) is 24.3 Å². The minimum atomic E-state index is 0.441. The van der Waals surface area contributed by atoms with Crippen molar-refractivity contribution in [3.8, 4) is 6.07 Å². The lowest BCUT2D eigenvalue weighted by molar-refractivity contribution is 1.00. The molecule has 1 heterocycles. The molecule has 0 amide bonds. The van der Waals surface area contributed by atoms with Gasteiger partial charge >= 0.3 is 0 Å². The topological polar surface area (TPSA) is 48.7 Å². The molecule has 1 aromatic heterocycles. The van der Waals surface area contributed by atoms with Crippen molar-refractivity contribution in [2.75, 3.05) is 11.9 Å². The number of rotatable bonds is 4. The smallest absolute Gasteiger partial charge is 0.142 e. The van der Waals surface area contributed by atoms with Crippen molar-refractivity contribution < 1.29 is 0 Å². The Morgan fingerprint density at radius 1 is 1.28 bits per heavy atom. The van der Waals surface area contributed by atoms with Crippen molar-refractivity contribution >= 4 is 5.69 Å². The van der Waals surface area contributed by atoms with Crippen molar-refractivity contribution in [1.82, 2.24) is 4.98 Å². The number of aromatic nitrogens is 1. The molecule has 2 aromatic rings. The SMILES string of the molecule is Cc1ccccc1CCNc1ccnc(C#N)c1. The van der Waals surface area contributed by atoms with Gasteiger partial charge in [0.25, 0.3) is 0 Å². The summed E-state index contributed by atoms with van der Waals surface area (Å²) >= 11 is 0. The second-order valence-electron chi connectivity index (χ2n) is 4.14. The molecule has 18 heavy (non-hydrogen) atoms. The monoisotopic (exact) mass is 237 g/mol. The highest BCUT2D eigenvalue weighted by atomic mass is 14.9. The zero-order valence-corrected chi connectivity index (χ0v) is 10.4. The van der Waals surface area contributed by atoms with Crippen molar-refractivity contribution in [3.05, 3.63) is 59.4 Å². The zero-order valence-electron chi connectivity index (χ0n) is 10.4. The molecule has 2 rings (SSSR count). The molecule has 0 bridgehead atoms. The number of aryl methyl sites for hydroxylation is 1. The molecule has 1 aromatic carbocycles. The van der Waals surface area contributed by atoms with Crippen LogP contribution in [0.5, 0.6) is 0 Å². The number of anilines is 1. The lowest BCUT2D eigenvalue weighted by Crippen LogP contribution is -2.06. The molecule has 1 N–H and O–H groups in total. The van der Waals surface area contributed by atoms with Crippen LogP contribution < -0.4 is 5.32 Å². The maximum absolute atomic E-state index is 8.76. The standard InChI is InChI=1S/C15H15N3/c1-12-4-2-3-5-13(12)6-8-17-14-7-9-18-15(10-14)11-16/h2-5,7,9-10H,6,8H2,1H3,(H,17,18). The van der Waals surface area contributed by atoms with Gasteiger partial charge in [0.15, 0.2) is 0 Å². The van der Waals surface area contributed by atoms with Crippen molar-refractivity contribution in [2.45, 2.75) is 13.3 Å². The van der Waals surface area contributed by atoms with Gasteiger partial charge in [-0.25, -0.2) is 4.98 Å². The van der Waals surface area contributed by atoms with E-state index in [1.807, 2.05) is 18.2 Å². The molecule has 0 spiro atoms. The molecule has 3 nitrogen and oxygen atoms in total. The summed E-state index contributed by atoms with van der Waals surface area (Å²) in [6.07, 6.45) is 2.62. The maximum atomic E-state index is 8.76. The molecule has 0 unspecified atom stereocenters. The predicted molar refractivity (Wildman–Crippen MR) is 72.3 cm³/mol. The van der Waals surface area contributed by atoms with E-state index in [9.17, 15) is 0 Å². The Bertz CT molecular complexity index is 570. The first-order valence-corrected chi connectivity index (χ1v) is 5.94. The van der Waals surface area contributed by atoms with E-state index in [2.05, 4.69) is 35.4 Å². The summed E-state index contributed by atoms with van der Waals surface area (Å²) in [5.74, 6) is 0. The molecule has 0 atom stereocenters. The molecule has 0 saturated heterocycles. The van der Waals surface area contributed by atoms with Crippen LogP contribution in [0.2, 0.25) is 0 Å². The van der Waals surface area contributed by atoms with Crippen LogP contribution in [-0.4, -0.2) is 11.5 Å². The summed E-state index contributed by atoms with van der Waals surface area (Å²) in [7, 11) is 0. The molecule has 0 aliphatic rings. The fourth-order valence-corrected chi connectivity index (χ4v) is 1.83. The fraction of sp³-hybridized carbons (Fsp3) is 0.200. The number of nitriles is 1. The van der Waals surface area contributed by atoms with Gasteiger partial charge in [-0.15, -0.1) is 0 Å². The van der Waals surface area contributed by atoms with Gasteiger partial charge in [0.05, 0.1) is 0 Å². The van der Waals surface area contributed by atoms with Crippen LogP contribution >= 0.6 is 0 Å². The molecule has 90 valence electrons. The molecule has 0 aliphatic heterocycles. The summed E-state index contributed by atoms with van der Waals surface area (Å²) in [5.41, 5.74) is 4.04. The molecule has 0 fully saturated rings. The van der Waals surface area contributed by atoms with Crippen LogP contribution in [-0.2, 0) is 6.42 Å². The average molecular weight is 237 g/mol. The van der Waals surface area contributed by atoms with E-state index < -0.39 is 0 Å². The highest BCUT2D eigenvalue weighted by Gasteiger charge is 1.98. The molecule has 3 heteroatoms. The third-order valence-corrected chi connectivity index (χ3v) is 2.86. The zero-order chi connectivity index (χ0) is 12.8. The highest BCUT2D eigenvalue weighted by molar-refractivity contribution is 5.46. The van der Waals surface area contributed by atoms with Crippen LogP contribution in [0.3, 0.4) is 0 Å². The lowest BCUT2D eigenvalue weighted by atomic mass is 10.1. The van der Waals surface area contributed by atoms with E-state index >= 15 is 0 Å². The molecular weight excluding hydrogens is 222 g/mol. The Kier molecular flexibility index (Phi) is 3.93. The van der Waals surface area contributed by atoms with Gasteiger partial charge in [0.2, 0.25) is 0 Å². The van der Waals surface area contributed by atoms with Crippen LogP contribution in [0.1, 0.15) is 16.8 Å². The Hall–Kier alpha value is -2.34. The third-order valence-electron chi connectivity index (χ3n) is 2.86. The van der Waals surface area contributed by atoms with Crippen molar-refractivity contribution in [3.63, 3.8) is 0 Å². The number of benzene rings is 1. The van der Waals surface area contributed by atoms with Gasteiger partial charge in [0.1, 0.15) is 11.8 Å². The van der Waals surface area contributed by atoms with Crippen LogP contribution in [0.25, 0.3) is 0 Å². The van der Waals surface area contributed by atoms with E-state index in [1.54, 1.807) is 12.3 Å². The molecule has 0 aliphatic carbocycles. The maximum Gasteiger partial charge on any atom is 0.142 e. The van der Waals surface area contributed by atoms with Gasteiger partial charge in [0, 0.05) is 18.4 Å². The largest absolute Gasteiger partial charge is 0.385 e. The third kappa shape index (κ3) is 3.08. The summed E-state index contributed by atoms with van der Waals surface area (Å²) < 4.78 is 0. The fourth-order valence-electron chi connectivity index (χ4n) is 1.83. The van der Waals surface area contributed by atoms with Gasteiger partial charge in [-0.2, -0.15) is 5.26 Å². The second kappa shape index (κ2) is 5.83. The van der Waals surface area contributed by atoms with Crippen molar-refractivity contribution in [2.24, 2.45) is 0 Å². The summed E-state index contributed by atoms with van der Waals surface area (Å²) in [6, 6.07) is 14.0. The van der Waals surface area contributed by atoms with E-state index in [0.717, 1.165) is 18.7 Å².